The summed E-state index contributed by atoms with van der Waals surface area (Å²) in [5, 5.41) is 3.55. The molecule has 2 fully saturated rings. The molecule has 1 amide bonds. The molecule has 3 heteroatoms. The first-order valence-corrected chi connectivity index (χ1v) is 6.82. The van der Waals surface area contributed by atoms with E-state index in [2.05, 4.69) is 5.32 Å². The van der Waals surface area contributed by atoms with Crippen molar-refractivity contribution in [2.75, 3.05) is 6.54 Å². The summed E-state index contributed by atoms with van der Waals surface area (Å²) in [6.45, 7) is 1.06. The van der Waals surface area contributed by atoms with Crippen LogP contribution >= 0.6 is 0 Å². The van der Waals surface area contributed by atoms with Crippen molar-refractivity contribution in [1.82, 2.24) is 5.32 Å². The Balaban J connectivity index is 2.00. The van der Waals surface area contributed by atoms with E-state index in [1.165, 1.54) is 38.5 Å². The summed E-state index contributed by atoms with van der Waals surface area (Å²) in [5.41, 5.74) is 5.52. The molecule has 1 aliphatic carbocycles. The van der Waals surface area contributed by atoms with Crippen molar-refractivity contribution in [2.45, 2.75) is 57.4 Å². The highest BCUT2D eigenvalue weighted by Gasteiger charge is 2.34. The van der Waals surface area contributed by atoms with Gasteiger partial charge in [0.1, 0.15) is 0 Å². The van der Waals surface area contributed by atoms with Gasteiger partial charge in [0, 0.05) is 6.04 Å². The first-order chi connectivity index (χ1) is 7.79. The van der Waals surface area contributed by atoms with Crippen LogP contribution in [-0.2, 0) is 4.79 Å². The van der Waals surface area contributed by atoms with Gasteiger partial charge in [-0.3, -0.25) is 4.79 Å². The third-order valence-electron chi connectivity index (χ3n) is 4.28. The van der Waals surface area contributed by atoms with Crippen LogP contribution in [0.1, 0.15) is 51.4 Å². The first kappa shape index (κ1) is 11.9. The van der Waals surface area contributed by atoms with Gasteiger partial charge in [-0.25, -0.2) is 0 Å². The zero-order chi connectivity index (χ0) is 11.4. The second-order valence-electron chi connectivity index (χ2n) is 5.38. The van der Waals surface area contributed by atoms with Gasteiger partial charge in [-0.05, 0) is 38.1 Å². The van der Waals surface area contributed by atoms with E-state index >= 15 is 0 Å². The SMILES string of the molecule is NC(=O)C1CCCNC1C1CCCCCC1. The van der Waals surface area contributed by atoms with E-state index in [0.717, 1.165) is 19.4 Å². The van der Waals surface area contributed by atoms with E-state index in [1.54, 1.807) is 0 Å². The van der Waals surface area contributed by atoms with E-state index in [0.29, 0.717) is 12.0 Å². The quantitative estimate of drug-likeness (QED) is 0.703. The van der Waals surface area contributed by atoms with E-state index in [9.17, 15) is 4.79 Å². The number of piperidine rings is 1. The minimum Gasteiger partial charge on any atom is -0.369 e. The molecule has 0 bridgehead atoms. The van der Waals surface area contributed by atoms with Gasteiger partial charge in [-0.15, -0.1) is 0 Å². The standard InChI is InChI=1S/C13H24N2O/c14-13(16)11-8-5-9-15-12(11)10-6-3-1-2-4-7-10/h10-12,15H,1-9H2,(H2,14,16). The molecule has 2 atom stereocenters. The number of carbonyl (C=O) groups is 1. The lowest BCUT2D eigenvalue weighted by molar-refractivity contribution is -0.124. The van der Waals surface area contributed by atoms with Crippen molar-refractivity contribution >= 4 is 5.91 Å². The lowest BCUT2D eigenvalue weighted by atomic mass is 9.79. The number of nitrogens with two attached hydrogens (primary N) is 1. The van der Waals surface area contributed by atoms with E-state index in [-0.39, 0.29) is 11.8 Å². The monoisotopic (exact) mass is 224 g/mol. The molecular weight excluding hydrogens is 200 g/mol. The molecule has 0 spiro atoms. The Bertz CT molecular complexity index is 234. The van der Waals surface area contributed by atoms with Gasteiger partial charge in [0.15, 0.2) is 0 Å². The fourth-order valence-electron chi connectivity index (χ4n) is 3.40. The number of amides is 1. The highest BCUT2D eigenvalue weighted by Crippen LogP contribution is 2.31. The first-order valence-electron chi connectivity index (χ1n) is 6.82. The zero-order valence-corrected chi connectivity index (χ0v) is 10.1. The van der Waals surface area contributed by atoms with Crippen LogP contribution in [0.2, 0.25) is 0 Å². The van der Waals surface area contributed by atoms with Crippen LogP contribution in [0.3, 0.4) is 0 Å². The molecule has 2 unspecified atom stereocenters. The largest absolute Gasteiger partial charge is 0.369 e. The van der Waals surface area contributed by atoms with Gasteiger partial charge in [-0.1, -0.05) is 25.7 Å². The van der Waals surface area contributed by atoms with Crippen LogP contribution in [0.25, 0.3) is 0 Å². The second-order valence-corrected chi connectivity index (χ2v) is 5.38. The Morgan fingerprint density at radius 2 is 1.69 bits per heavy atom. The molecule has 2 aliphatic rings. The zero-order valence-electron chi connectivity index (χ0n) is 10.1. The van der Waals surface area contributed by atoms with Crippen molar-refractivity contribution < 1.29 is 4.79 Å². The van der Waals surface area contributed by atoms with Crippen molar-refractivity contribution in [2.24, 2.45) is 17.6 Å². The summed E-state index contributed by atoms with van der Waals surface area (Å²) in [4.78, 5) is 11.5. The topological polar surface area (TPSA) is 55.1 Å². The molecule has 0 aromatic rings. The Morgan fingerprint density at radius 3 is 2.31 bits per heavy atom. The van der Waals surface area contributed by atoms with Crippen LogP contribution < -0.4 is 11.1 Å². The summed E-state index contributed by atoms with van der Waals surface area (Å²) < 4.78 is 0. The van der Waals surface area contributed by atoms with Gasteiger partial charge < -0.3 is 11.1 Å². The molecule has 1 saturated carbocycles. The van der Waals surface area contributed by atoms with Crippen molar-refractivity contribution in [3.05, 3.63) is 0 Å². The van der Waals surface area contributed by atoms with Crippen LogP contribution in [0, 0.1) is 11.8 Å². The average molecular weight is 224 g/mol. The molecule has 1 heterocycles. The van der Waals surface area contributed by atoms with Gasteiger partial charge >= 0.3 is 0 Å². The second kappa shape index (κ2) is 5.67. The summed E-state index contributed by atoms with van der Waals surface area (Å²) in [6, 6.07) is 0.365. The van der Waals surface area contributed by atoms with Gasteiger partial charge in [0.25, 0.3) is 0 Å². The lowest BCUT2D eigenvalue weighted by Gasteiger charge is -2.36. The van der Waals surface area contributed by atoms with Crippen LogP contribution in [0.5, 0.6) is 0 Å². The summed E-state index contributed by atoms with van der Waals surface area (Å²) in [6.07, 6.45) is 10.0. The van der Waals surface area contributed by atoms with E-state index < -0.39 is 0 Å². The Morgan fingerprint density at radius 1 is 1.00 bits per heavy atom. The molecular formula is C13H24N2O. The van der Waals surface area contributed by atoms with Gasteiger partial charge in [0.2, 0.25) is 5.91 Å². The molecule has 0 aromatic heterocycles. The van der Waals surface area contributed by atoms with E-state index in [1.807, 2.05) is 0 Å². The predicted octanol–water partition coefficient (Wildman–Crippen LogP) is 1.81. The molecule has 16 heavy (non-hydrogen) atoms. The van der Waals surface area contributed by atoms with Crippen molar-refractivity contribution in [3.63, 3.8) is 0 Å². The molecule has 92 valence electrons. The minimum atomic E-state index is -0.0959. The van der Waals surface area contributed by atoms with E-state index in [4.69, 9.17) is 5.73 Å². The Labute approximate surface area is 98.2 Å². The van der Waals surface area contributed by atoms with Gasteiger partial charge in [0.05, 0.1) is 5.92 Å². The third kappa shape index (κ3) is 2.76. The van der Waals surface area contributed by atoms with Gasteiger partial charge in [-0.2, -0.15) is 0 Å². The van der Waals surface area contributed by atoms with Crippen molar-refractivity contribution in [3.8, 4) is 0 Å². The lowest BCUT2D eigenvalue weighted by Crippen LogP contribution is -2.50. The number of nitrogens with one attached hydrogen (secondary N) is 1. The normalized spacial score (nSPS) is 33.2. The molecule has 3 N–H and O–H groups in total. The van der Waals surface area contributed by atoms with Crippen LogP contribution in [0.4, 0.5) is 0 Å². The van der Waals surface area contributed by atoms with Crippen LogP contribution in [-0.4, -0.2) is 18.5 Å². The predicted molar refractivity (Wildman–Crippen MR) is 64.9 cm³/mol. The highest BCUT2D eigenvalue weighted by atomic mass is 16.1. The number of rotatable bonds is 2. The fraction of sp³-hybridized carbons (Fsp3) is 0.923. The summed E-state index contributed by atoms with van der Waals surface area (Å²) >= 11 is 0. The van der Waals surface area contributed by atoms with Crippen LogP contribution in [0.15, 0.2) is 0 Å². The third-order valence-corrected chi connectivity index (χ3v) is 4.28. The number of hydrogen-bond acceptors (Lipinski definition) is 2. The molecule has 1 aliphatic heterocycles. The fourth-order valence-corrected chi connectivity index (χ4v) is 3.40. The Kier molecular flexibility index (Phi) is 4.22. The molecule has 3 nitrogen and oxygen atoms in total. The molecule has 0 radical (unpaired) electrons. The Hall–Kier alpha value is -0.570. The number of hydrogen-bond donors (Lipinski definition) is 2. The maximum absolute atomic E-state index is 11.5. The molecule has 1 saturated heterocycles. The van der Waals surface area contributed by atoms with Crippen molar-refractivity contribution in [1.29, 1.82) is 0 Å². The highest BCUT2D eigenvalue weighted by molar-refractivity contribution is 5.77. The maximum Gasteiger partial charge on any atom is 0.222 e. The summed E-state index contributed by atoms with van der Waals surface area (Å²) in [7, 11) is 0. The number of primary amides is 1. The molecule has 0 aromatic carbocycles. The maximum atomic E-state index is 11.5. The minimum absolute atomic E-state index is 0.0804. The number of carbonyl (C=O) groups excluding carboxylic acids is 1. The average Bonchev–Trinajstić information content (AvgIpc) is 2.57. The smallest absolute Gasteiger partial charge is 0.222 e. The summed E-state index contributed by atoms with van der Waals surface area (Å²) in [5.74, 6) is 0.665. The molecule has 2 rings (SSSR count).